The standard InChI is InChI=1S/C16H26N2O.ClH/c1-4-10-17-11-12-18-16(19)15(13(2)3)14-8-6-5-7-9-14;/h5-9,13,15,17H,4,10-12H2,1-3H3,(H,18,19);1H. The smallest absolute Gasteiger partial charge is 0.227 e. The van der Waals surface area contributed by atoms with Gasteiger partial charge in [-0.15, -0.1) is 12.4 Å². The lowest BCUT2D eigenvalue weighted by atomic mass is 9.88. The van der Waals surface area contributed by atoms with Crippen LogP contribution in [0.5, 0.6) is 0 Å². The number of benzene rings is 1. The minimum absolute atomic E-state index is 0. The van der Waals surface area contributed by atoms with E-state index in [1.54, 1.807) is 0 Å². The Bertz CT molecular complexity index is 368. The van der Waals surface area contributed by atoms with Crippen LogP contribution in [0.15, 0.2) is 30.3 Å². The number of rotatable bonds is 8. The molecule has 0 saturated heterocycles. The van der Waals surface area contributed by atoms with Gasteiger partial charge in [-0.05, 0) is 24.4 Å². The van der Waals surface area contributed by atoms with E-state index in [0.29, 0.717) is 12.5 Å². The lowest BCUT2D eigenvalue weighted by molar-refractivity contribution is -0.123. The van der Waals surface area contributed by atoms with Gasteiger partial charge >= 0.3 is 0 Å². The van der Waals surface area contributed by atoms with Gasteiger partial charge in [-0.1, -0.05) is 51.1 Å². The van der Waals surface area contributed by atoms with Gasteiger partial charge in [-0.2, -0.15) is 0 Å². The van der Waals surface area contributed by atoms with Crippen LogP contribution >= 0.6 is 12.4 Å². The van der Waals surface area contributed by atoms with Gasteiger partial charge in [0, 0.05) is 13.1 Å². The lowest BCUT2D eigenvalue weighted by Crippen LogP contribution is -2.36. The SMILES string of the molecule is CCCNCCNC(=O)C(c1ccccc1)C(C)C.Cl. The van der Waals surface area contributed by atoms with Crippen molar-refractivity contribution < 1.29 is 4.79 Å². The lowest BCUT2D eigenvalue weighted by Gasteiger charge is -2.20. The van der Waals surface area contributed by atoms with Crippen LogP contribution in [-0.2, 0) is 4.79 Å². The molecular weight excluding hydrogens is 272 g/mol. The van der Waals surface area contributed by atoms with Crippen LogP contribution < -0.4 is 10.6 Å². The van der Waals surface area contributed by atoms with Crippen LogP contribution in [-0.4, -0.2) is 25.5 Å². The molecule has 0 saturated carbocycles. The molecule has 0 fully saturated rings. The summed E-state index contributed by atoms with van der Waals surface area (Å²) >= 11 is 0. The molecule has 0 aliphatic heterocycles. The Hall–Kier alpha value is -1.06. The Kier molecular flexibility index (Phi) is 10.1. The summed E-state index contributed by atoms with van der Waals surface area (Å²) in [4.78, 5) is 12.3. The monoisotopic (exact) mass is 298 g/mol. The van der Waals surface area contributed by atoms with E-state index in [9.17, 15) is 4.79 Å². The van der Waals surface area contributed by atoms with Gasteiger partial charge in [0.25, 0.3) is 0 Å². The first-order valence-corrected chi connectivity index (χ1v) is 7.20. The van der Waals surface area contributed by atoms with Gasteiger partial charge in [-0.3, -0.25) is 4.79 Å². The maximum Gasteiger partial charge on any atom is 0.227 e. The molecule has 0 heterocycles. The fourth-order valence-corrected chi connectivity index (χ4v) is 2.19. The number of carbonyl (C=O) groups excluding carboxylic acids is 1. The first-order chi connectivity index (χ1) is 9.16. The van der Waals surface area contributed by atoms with Gasteiger partial charge in [-0.25, -0.2) is 0 Å². The molecule has 0 bridgehead atoms. The highest BCUT2D eigenvalue weighted by molar-refractivity contribution is 5.85. The molecule has 4 heteroatoms. The van der Waals surface area contributed by atoms with E-state index >= 15 is 0 Å². The fraction of sp³-hybridized carbons (Fsp3) is 0.562. The van der Waals surface area contributed by atoms with Gasteiger partial charge < -0.3 is 10.6 Å². The van der Waals surface area contributed by atoms with Crippen molar-refractivity contribution in [1.29, 1.82) is 0 Å². The molecule has 114 valence electrons. The van der Waals surface area contributed by atoms with Crippen molar-refractivity contribution in [3.63, 3.8) is 0 Å². The summed E-state index contributed by atoms with van der Waals surface area (Å²) in [5, 5.41) is 6.30. The number of hydrogen-bond donors (Lipinski definition) is 2. The molecular formula is C16H27ClN2O. The number of carbonyl (C=O) groups is 1. The van der Waals surface area contributed by atoms with Crippen molar-refractivity contribution in [1.82, 2.24) is 10.6 Å². The normalized spacial score (nSPS) is 11.8. The van der Waals surface area contributed by atoms with Crippen molar-refractivity contribution in [3.05, 3.63) is 35.9 Å². The highest BCUT2D eigenvalue weighted by Gasteiger charge is 2.23. The average Bonchev–Trinajstić information content (AvgIpc) is 2.39. The highest BCUT2D eigenvalue weighted by atomic mass is 35.5. The van der Waals surface area contributed by atoms with Crippen molar-refractivity contribution >= 4 is 18.3 Å². The molecule has 0 aromatic heterocycles. The van der Waals surface area contributed by atoms with Gasteiger partial charge in [0.05, 0.1) is 5.92 Å². The van der Waals surface area contributed by atoms with Crippen molar-refractivity contribution in [2.45, 2.75) is 33.1 Å². The van der Waals surface area contributed by atoms with Gasteiger partial charge in [0.2, 0.25) is 5.91 Å². The van der Waals surface area contributed by atoms with Crippen LogP contribution in [0.25, 0.3) is 0 Å². The Morgan fingerprint density at radius 3 is 2.30 bits per heavy atom. The quantitative estimate of drug-likeness (QED) is 0.725. The maximum absolute atomic E-state index is 12.3. The molecule has 2 N–H and O–H groups in total. The van der Waals surface area contributed by atoms with Crippen LogP contribution in [0.1, 0.15) is 38.7 Å². The van der Waals surface area contributed by atoms with Crippen LogP contribution in [0, 0.1) is 5.92 Å². The highest BCUT2D eigenvalue weighted by Crippen LogP contribution is 2.24. The van der Waals surface area contributed by atoms with E-state index in [0.717, 1.165) is 25.1 Å². The molecule has 1 rings (SSSR count). The summed E-state index contributed by atoms with van der Waals surface area (Å²) in [6, 6.07) is 10.0. The van der Waals surface area contributed by atoms with Crippen LogP contribution in [0.2, 0.25) is 0 Å². The predicted molar refractivity (Wildman–Crippen MR) is 87.4 cm³/mol. The summed E-state index contributed by atoms with van der Waals surface area (Å²) in [5.41, 5.74) is 1.09. The molecule has 0 aliphatic carbocycles. The predicted octanol–water partition coefficient (Wildman–Crippen LogP) is 2.96. The zero-order chi connectivity index (χ0) is 14.1. The third-order valence-corrected chi connectivity index (χ3v) is 3.14. The van der Waals surface area contributed by atoms with E-state index in [1.165, 1.54) is 0 Å². The second-order valence-electron chi connectivity index (χ2n) is 5.17. The summed E-state index contributed by atoms with van der Waals surface area (Å²) in [5.74, 6) is 0.359. The second kappa shape index (κ2) is 10.7. The Labute approximate surface area is 128 Å². The van der Waals surface area contributed by atoms with E-state index in [4.69, 9.17) is 0 Å². The van der Waals surface area contributed by atoms with E-state index in [2.05, 4.69) is 31.4 Å². The van der Waals surface area contributed by atoms with E-state index < -0.39 is 0 Å². The first kappa shape index (κ1) is 18.9. The van der Waals surface area contributed by atoms with Gasteiger partial charge in [0.1, 0.15) is 0 Å². The molecule has 1 unspecified atom stereocenters. The number of amides is 1. The molecule has 1 aromatic carbocycles. The Morgan fingerprint density at radius 1 is 1.10 bits per heavy atom. The topological polar surface area (TPSA) is 41.1 Å². The summed E-state index contributed by atoms with van der Waals surface area (Å²) in [6.07, 6.45) is 1.12. The second-order valence-corrected chi connectivity index (χ2v) is 5.17. The number of halogens is 1. The molecule has 20 heavy (non-hydrogen) atoms. The van der Waals surface area contributed by atoms with E-state index in [1.807, 2.05) is 30.3 Å². The van der Waals surface area contributed by atoms with Crippen molar-refractivity contribution in [3.8, 4) is 0 Å². The first-order valence-electron chi connectivity index (χ1n) is 7.20. The van der Waals surface area contributed by atoms with Crippen molar-refractivity contribution in [2.24, 2.45) is 5.92 Å². The summed E-state index contributed by atoms with van der Waals surface area (Å²) in [7, 11) is 0. The summed E-state index contributed by atoms with van der Waals surface area (Å²) in [6.45, 7) is 8.84. The summed E-state index contributed by atoms with van der Waals surface area (Å²) < 4.78 is 0. The van der Waals surface area contributed by atoms with Gasteiger partial charge in [0.15, 0.2) is 0 Å². The zero-order valence-corrected chi connectivity index (χ0v) is 13.5. The van der Waals surface area contributed by atoms with Crippen LogP contribution in [0.3, 0.4) is 0 Å². The molecule has 0 spiro atoms. The molecule has 0 radical (unpaired) electrons. The zero-order valence-electron chi connectivity index (χ0n) is 12.7. The number of nitrogens with one attached hydrogen (secondary N) is 2. The van der Waals surface area contributed by atoms with Crippen molar-refractivity contribution in [2.75, 3.05) is 19.6 Å². The third kappa shape index (κ3) is 6.40. The largest absolute Gasteiger partial charge is 0.354 e. The third-order valence-electron chi connectivity index (χ3n) is 3.14. The minimum Gasteiger partial charge on any atom is -0.354 e. The van der Waals surface area contributed by atoms with E-state index in [-0.39, 0.29) is 24.2 Å². The molecule has 1 amide bonds. The Balaban J connectivity index is 0.00000361. The molecule has 1 atom stereocenters. The molecule has 3 nitrogen and oxygen atoms in total. The average molecular weight is 299 g/mol. The molecule has 1 aromatic rings. The minimum atomic E-state index is -0.0626. The fourth-order valence-electron chi connectivity index (χ4n) is 2.19. The molecule has 0 aliphatic rings. The Morgan fingerprint density at radius 2 is 1.75 bits per heavy atom. The number of hydrogen-bond acceptors (Lipinski definition) is 2. The van der Waals surface area contributed by atoms with Crippen LogP contribution in [0.4, 0.5) is 0 Å². The maximum atomic E-state index is 12.3.